The van der Waals surface area contributed by atoms with Gasteiger partial charge in [0.05, 0.1) is 32.5 Å². The Kier molecular flexibility index (Phi) is 8.05. The van der Waals surface area contributed by atoms with Crippen molar-refractivity contribution in [1.29, 1.82) is 0 Å². The zero-order valence-electron chi connectivity index (χ0n) is 20.4. The van der Waals surface area contributed by atoms with Gasteiger partial charge in [0.25, 0.3) is 5.91 Å². The van der Waals surface area contributed by atoms with Crippen molar-refractivity contribution in [2.24, 2.45) is 0 Å². The Morgan fingerprint density at radius 3 is 2.51 bits per heavy atom. The molecular formula is C26H29F3N2O6. The average Bonchev–Trinajstić information content (AvgIpc) is 3.47. The van der Waals surface area contributed by atoms with Crippen molar-refractivity contribution in [2.75, 3.05) is 40.0 Å². The third-order valence-electron chi connectivity index (χ3n) is 6.88. The van der Waals surface area contributed by atoms with E-state index in [1.807, 2.05) is 17.0 Å². The number of hydrogen-bond donors (Lipinski definition) is 1. The Labute approximate surface area is 212 Å². The number of rotatable bonds is 4. The lowest BCUT2D eigenvalue weighted by Crippen LogP contribution is -2.46. The number of benzene rings is 2. The molecule has 200 valence electrons. The van der Waals surface area contributed by atoms with Crippen LogP contribution in [0.25, 0.3) is 0 Å². The highest BCUT2D eigenvalue weighted by Crippen LogP contribution is 2.47. The van der Waals surface area contributed by atoms with Gasteiger partial charge in [-0.1, -0.05) is 36.4 Å². The van der Waals surface area contributed by atoms with Gasteiger partial charge in [-0.25, -0.2) is 4.79 Å². The molecule has 1 spiro atoms. The van der Waals surface area contributed by atoms with E-state index >= 15 is 0 Å². The molecule has 2 aromatic carbocycles. The highest BCUT2D eigenvalue weighted by molar-refractivity contribution is 5.81. The highest BCUT2D eigenvalue weighted by Gasteiger charge is 2.52. The number of hydrogen-bond acceptors (Lipinski definition) is 6. The second kappa shape index (κ2) is 11.1. The first kappa shape index (κ1) is 26.9. The molecular weight excluding hydrogens is 493 g/mol. The third kappa shape index (κ3) is 5.89. The molecule has 0 aliphatic carbocycles. The minimum absolute atomic E-state index is 0.0980. The number of carboxylic acid groups (broad SMARTS) is 1. The topological polar surface area (TPSA) is 88.5 Å². The predicted molar refractivity (Wildman–Crippen MR) is 126 cm³/mol. The Hall–Kier alpha value is -3.15. The number of methoxy groups -OCH3 is 1. The van der Waals surface area contributed by atoms with Gasteiger partial charge < -0.3 is 24.2 Å². The zero-order chi connectivity index (χ0) is 26.6. The molecule has 2 aromatic rings. The number of alkyl halides is 3. The number of carboxylic acids is 1. The second-order valence-corrected chi connectivity index (χ2v) is 9.14. The lowest BCUT2D eigenvalue weighted by atomic mass is 9.86. The molecule has 37 heavy (non-hydrogen) atoms. The third-order valence-corrected chi connectivity index (χ3v) is 6.88. The fraction of sp³-hybridized carbons (Fsp3) is 0.462. The molecule has 3 aliphatic rings. The number of ether oxygens (including phenoxy) is 3. The summed E-state index contributed by atoms with van der Waals surface area (Å²) in [5, 5.41) is 7.12. The van der Waals surface area contributed by atoms with Crippen LogP contribution >= 0.6 is 0 Å². The van der Waals surface area contributed by atoms with E-state index < -0.39 is 18.2 Å². The van der Waals surface area contributed by atoms with Gasteiger partial charge in [0, 0.05) is 32.6 Å². The van der Waals surface area contributed by atoms with Crippen LogP contribution in [-0.4, -0.2) is 79.1 Å². The first-order chi connectivity index (χ1) is 17.6. The maximum atomic E-state index is 13.1. The molecule has 0 radical (unpaired) electrons. The lowest BCUT2D eigenvalue weighted by Gasteiger charge is -2.35. The fourth-order valence-electron chi connectivity index (χ4n) is 5.05. The number of fused-ring (bicyclic) bond motifs is 2. The molecule has 0 aromatic heterocycles. The van der Waals surface area contributed by atoms with Gasteiger partial charge in [0.2, 0.25) is 0 Å². The SMILES string of the molecule is COc1cccc(CN2Cc3ccccc3C23COC(C(=O)N2CCOCC2)C3)c1.O=C(O)C(F)(F)F. The predicted octanol–water partition coefficient (Wildman–Crippen LogP) is 3.19. The van der Waals surface area contributed by atoms with Crippen LogP contribution in [-0.2, 0) is 37.7 Å². The van der Waals surface area contributed by atoms with Crippen molar-refractivity contribution in [3.05, 3.63) is 65.2 Å². The van der Waals surface area contributed by atoms with Gasteiger partial charge in [-0.05, 0) is 28.8 Å². The number of amides is 1. The van der Waals surface area contributed by atoms with Gasteiger partial charge in [-0.15, -0.1) is 0 Å². The monoisotopic (exact) mass is 522 g/mol. The van der Waals surface area contributed by atoms with Gasteiger partial charge in [0.1, 0.15) is 11.9 Å². The summed E-state index contributed by atoms with van der Waals surface area (Å²) >= 11 is 0. The van der Waals surface area contributed by atoms with Crippen molar-refractivity contribution in [3.8, 4) is 5.75 Å². The Bertz CT molecular complexity index is 1120. The maximum absolute atomic E-state index is 13.1. The van der Waals surface area contributed by atoms with Gasteiger partial charge in [-0.2, -0.15) is 13.2 Å². The smallest absolute Gasteiger partial charge is 0.490 e. The van der Waals surface area contributed by atoms with Crippen molar-refractivity contribution in [2.45, 2.75) is 37.3 Å². The summed E-state index contributed by atoms with van der Waals surface area (Å²) in [5.41, 5.74) is 3.55. The van der Waals surface area contributed by atoms with E-state index in [1.54, 1.807) is 7.11 Å². The summed E-state index contributed by atoms with van der Waals surface area (Å²) < 4.78 is 48.7. The molecule has 0 saturated carbocycles. The fourth-order valence-corrected chi connectivity index (χ4v) is 5.05. The Balaban J connectivity index is 0.000000405. The van der Waals surface area contributed by atoms with Crippen LogP contribution in [0.1, 0.15) is 23.1 Å². The van der Waals surface area contributed by atoms with Crippen LogP contribution in [0.5, 0.6) is 5.75 Å². The number of carbonyl (C=O) groups is 2. The van der Waals surface area contributed by atoms with Crippen LogP contribution in [0, 0.1) is 0 Å². The summed E-state index contributed by atoms with van der Waals surface area (Å²) in [6.07, 6.45) is -4.80. The van der Waals surface area contributed by atoms with Gasteiger partial charge in [0.15, 0.2) is 0 Å². The van der Waals surface area contributed by atoms with Crippen LogP contribution in [0.2, 0.25) is 0 Å². The molecule has 5 rings (SSSR count). The molecule has 11 heteroatoms. The standard InChI is InChI=1S/C24H28N2O4.C2HF3O2/c1-28-20-7-4-5-18(13-20)15-26-16-19-6-2-3-8-21(19)24(26)14-22(30-17-24)23(27)25-9-11-29-12-10-25;3-2(4,5)1(6)7/h2-8,13,22H,9-12,14-17H2,1H3;(H,6,7). The molecule has 2 saturated heterocycles. The molecule has 8 nitrogen and oxygen atoms in total. The lowest BCUT2D eigenvalue weighted by molar-refractivity contribution is -0.192. The Morgan fingerprint density at radius 1 is 1.14 bits per heavy atom. The van der Waals surface area contributed by atoms with E-state index in [0.717, 1.165) is 18.8 Å². The second-order valence-electron chi connectivity index (χ2n) is 9.14. The van der Waals surface area contributed by atoms with E-state index in [2.05, 4.69) is 41.3 Å². The number of morpholine rings is 1. The number of halogens is 3. The van der Waals surface area contributed by atoms with Crippen molar-refractivity contribution < 1.29 is 42.1 Å². The number of nitrogens with zero attached hydrogens (tertiary/aromatic N) is 2. The Morgan fingerprint density at radius 2 is 1.84 bits per heavy atom. The van der Waals surface area contributed by atoms with Crippen LogP contribution in [0.3, 0.4) is 0 Å². The molecule has 2 unspecified atom stereocenters. The zero-order valence-corrected chi connectivity index (χ0v) is 20.4. The normalized spacial score (nSPS) is 23.4. The molecule has 3 aliphatic heterocycles. The van der Waals surface area contributed by atoms with Gasteiger partial charge in [-0.3, -0.25) is 9.69 Å². The van der Waals surface area contributed by atoms with Crippen molar-refractivity contribution in [1.82, 2.24) is 9.80 Å². The van der Waals surface area contributed by atoms with Crippen LogP contribution < -0.4 is 4.74 Å². The summed E-state index contributed by atoms with van der Waals surface area (Å²) in [5.74, 6) is -1.80. The summed E-state index contributed by atoms with van der Waals surface area (Å²) in [4.78, 5) is 26.4. The molecule has 2 fully saturated rings. The van der Waals surface area contributed by atoms with Crippen LogP contribution in [0.4, 0.5) is 13.2 Å². The van der Waals surface area contributed by atoms with E-state index in [1.165, 1.54) is 16.7 Å². The van der Waals surface area contributed by atoms with E-state index in [9.17, 15) is 18.0 Å². The molecule has 0 bridgehead atoms. The average molecular weight is 523 g/mol. The minimum atomic E-state index is -5.08. The van der Waals surface area contributed by atoms with Crippen molar-refractivity contribution >= 4 is 11.9 Å². The molecule has 1 amide bonds. The largest absolute Gasteiger partial charge is 0.497 e. The molecule has 2 atom stereocenters. The van der Waals surface area contributed by atoms with Gasteiger partial charge >= 0.3 is 12.1 Å². The van der Waals surface area contributed by atoms with Crippen LogP contribution in [0.15, 0.2) is 48.5 Å². The quantitative estimate of drug-likeness (QED) is 0.660. The number of aliphatic carboxylic acids is 1. The number of carbonyl (C=O) groups excluding carboxylic acids is 1. The van der Waals surface area contributed by atoms with E-state index in [4.69, 9.17) is 24.1 Å². The maximum Gasteiger partial charge on any atom is 0.490 e. The van der Waals surface area contributed by atoms with E-state index in [-0.39, 0.29) is 11.4 Å². The highest BCUT2D eigenvalue weighted by atomic mass is 19.4. The summed E-state index contributed by atoms with van der Waals surface area (Å²) in [7, 11) is 1.69. The minimum Gasteiger partial charge on any atom is -0.497 e. The molecule has 3 heterocycles. The van der Waals surface area contributed by atoms with E-state index in [0.29, 0.717) is 39.3 Å². The van der Waals surface area contributed by atoms with Crippen molar-refractivity contribution in [3.63, 3.8) is 0 Å². The first-order valence-corrected chi connectivity index (χ1v) is 11.9. The summed E-state index contributed by atoms with van der Waals surface area (Å²) in [6.45, 7) is 4.69. The molecule has 1 N–H and O–H groups in total. The first-order valence-electron chi connectivity index (χ1n) is 11.9. The summed E-state index contributed by atoms with van der Waals surface area (Å²) in [6, 6.07) is 16.8.